The van der Waals surface area contributed by atoms with E-state index in [-0.39, 0.29) is 5.92 Å². The normalized spacial score (nSPS) is 17.7. The Labute approximate surface area is 321 Å². The van der Waals surface area contributed by atoms with Crippen molar-refractivity contribution in [3.05, 3.63) is 221 Å². The van der Waals surface area contributed by atoms with Gasteiger partial charge in [0.2, 0.25) is 0 Å². The van der Waals surface area contributed by atoms with Gasteiger partial charge < -0.3 is 9.47 Å². The van der Waals surface area contributed by atoms with E-state index in [9.17, 15) is 0 Å². The summed E-state index contributed by atoms with van der Waals surface area (Å²) in [6.07, 6.45) is 12.8. The van der Waals surface area contributed by atoms with Gasteiger partial charge in [0.1, 0.15) is 0 Å². The van der Waals surface area contributed by atoms with E-state index in [0.29, 0.717) is 5.92 Å². The number of anilines is 2. The Kier molecular flexibility index (Phi) is 6.68. The zero-order valence-electron chi connectivity index (χ0n) is 30.5. The lowest BCUT2D eigenvalue weighted by Crippen LogP contribution is -2.18. The predicted octanol–water partition coefficient (Wildman–Crippen LogP) is 13.5. The van der Waals surface area contributed by atoms with Crippen LogP contribution in [0.4, 0.5) is 11.4 Å². The number of hydrogen-bond donors (Lipinski definition) is 0. The van der Waals surface area contributed by atoms with Crippen molar-refractivity contribution >= 4 is 44.8 Å². The molecule has 0 saturated carbocycles. The summed E-state index contributed by atoms with van der Waals surface area (Å²) in [5, 5.41) is 2.63. The van der Waals surface area contributed by atoms with Gasteiger partial charge in [-0.25, -0.2) is 0 Å². The lowest BCUT2D eigenvalue weighted by atomic mass is 9.70. The molecular weight excluding hydrogens is 665 g/mol. The first-order valence-electron chi connectivity index (χ1n) is 19.7. The van der Waals surface area contributed by atoms with Crippen molar-refractivity contribution in [2.45, 2.75) is 31.1 Å². The molecular formula is C53H38N2. The average molecular weight is 703 g/mol. The summed E-state index contributed by atoms with van der Waals surface area (Å²) < 4.78 is 2.43. The number of fused-ring (bicyclic) bond motifs is 9. The van der Waals surface area contributed by atoms with Crippen LogP contribution in [0.2, 0.25) is 0 Å². The van der Waals surface area contributed by atoms with Crippen LogP contribution in [-0.4, -0.2) is 4.57 Å². The van der Waals surface area contributed by atoms with E-state index >= 15 is 0 Å². The number of rotatable bonds is 4. The molecule has 0 N–H and O–H groups in total. The molecule has 0 amide bonds. The van der Waals surface area contributed by atoms with E-state index < -0.39 is 0 Å². The summed E-state index contributed by atoms with van der Waals surface area (Å²) in [7, 11) is 0. The molecule has 12 rings (SSSR count). The zero-order valence-corrected chi connectivity index (χ0v) is 30.5. The lowest BCUT2D eigenvalue weighted by Gasteiger charge is -2.34. The first kappa shape index (κ1) is 30.8. The van der Waals surface area contributed by atoms with Crippen LogP contribution in [0.1, 0.15) is 63.6 Å². The Hall–Kier alpha value is -6.64. The highest BCUT2D eigenvalue weighted by Gasteiger charge is 2.42. The summed E-state index contributed by atoms with van der Waals surface area (Å²) >= 11 is 0. The van der Waals surface area contributed by atoms with Gasteiger partial charge in [0.15, 0.2) is 0 Å². The van der Waals surface area contributed by atoms with Crippen molar-refractivity contribution in [2.75, 3.05) is 4.90 Å². The minimum atomic E-state index is 0.231. The van der Waals surface area contributed by atoms with Crippen LogP contribution < -0.4 is 4.90 Å². The summed E-state index contributed by atoms with van der Waals surface area (Å²) in [6.45, 7) is 0. The van der Waals surface area contributed by atoms with E-state index in [1.54, 1.807) is 5.56 Å². The summed E-state index contributed by atoms with van der Waals surface area (Å²) in [6, 6.07) is 58.3. The van der Waals surface area contributed by atoms with Crippen molar-refractivity contribution < 1.29 is 0 Å². The number of hydrogen-bond acceptors (Lipinski definition) is 1. The second-order valence-electron chi connectivity index (χ2n) is 15.5. The van der Waals surface area contributed by atoms with Crippen molar-refractivity contribution in [1.82, 2.24) is 4.57 Å². The number of para-hydroxylation sites is 2. The minimum absolute atomic E-state index is 0.231. The second-order valence-corrected chi connectivity index (χ2v) is 15.5. The molecule has 1 aromatic heterocycles. The van der Waals surface area contributed by atoms with Gasteiger partial charge in [-0.3, -0.25) is 0 Å². The van der Waals surface area contributed by atoms with Gasteiger partial charge in [-0.1, -0.05) is 133 Å². The van der Waals surface area contributed by atoms with Gasteiger partial charge in [0.25, 0.3) is 0 Å². The maximum atomic E-state index is 2.59. The first-order valence-corrected chi connectivity index (χ1v) is 19.7. The van der Waals surface area contributed by atoms with Crippen LogP contribution in [0.25, 0.3) is 50.3 Å². The minimum Gasteiger partial charge on any atom is -0.313 e. The SMILES string of the molecule is C1=Cc2c3c(cc4c2C(C1)c1ccccc1C4)N(c1cccc(-c2ccccc2)c1)C1=CC=C(c2cccc4c2c2ccccc2n4-c2ccccc2)CC13. The Morgan fingerprint density at radius 2 is 1.29 bits per heavy atom. The van der Waals surface area contributed by atoms with Crippen molar-refractivity contribution in [2.24, 2.45) is 0 Å². The molecule has 0 radical (unpaired) electrons. The number of aromatic nitrogens is 1. The van der Waals surface area contributed by atoms with Crippen molar-refractivity contribution in [3.8, 4) is 16.8 Å². The molecule has 2 nitrogen and oxygen atoms in total. The summed E-state index contributed by atoms with van der Waals surface area (Å²) in [5.41, 5.74) is 21.8. The summed E-state index contributed by atoms with van der Waals surface area (Å²) in [5.74, 6) is 0.638. The third-order valence-corrected chi connectivity index (χ3v) is 12.7. The van der Waals surface area contributed by atoms with Crippen LogP contribution >= 0.6 is 0 Å². The van der Waals surface area contributed by atoms with Crippen LogP contribution in [0.3, 0.4) is 0 Å². The van der Waals surface area contributed by atoms with Gasteiger partial charge in [-0.05, 0) is 123 Å². The Balaban J connectivity index is 1.07. The van der Waals surface area contributed by atoms with Gasteiger partial charge in [0.05, 0.1) is 16.7 Å². The van der Waals surface area contributed by atoms with E-state index in [0.717, 1.165) is 19.3 Å². The molecule has 4 aliphatic rings. The topological polar surface area (TPSA) is 8.17 Å². The van der Waals surface area contributed by atoms with Crippen LogP contribution in [0.15, 0.2) is 182 Å². The van der Waals surface area contributed by atoms with Gasteiger partial charge >= 0.3 is 0 Å². The predicted molar refractivity (Wildman–Crippen MR) is 229 cm³/mol. The quantitative estimate of drug-likeness (QED) is 0.177. The van der Waals surface area contributed by atoms with Crippen molar-refractivity contribution in [3.63, 3.8) is 0 Å². The fourth-order valence-corrected chi connectivity index (χ4v) is 10.4. The van der Waals surface area contributed by atoms with Crippen LogP contribution in [0.5, 0.6) is 0 Å². The van der Waals surface area contributed by atoms with E-state index in [2.05, 4.69) is 191 Å². The molecule has 8 aromatic rings. The Morgan fingerprint density at radius 3 is 2.20 bits per heavy atom. The molecule has 2 unspecified atom stereocenters. The Morgan fingerprint density at radius 1 is 0.545 bits per heavy atom. The van der Waals surface area contributed by atoms with Crippen LogP contribution in [-0.2, 0) is 6.42 Å². The molecule has 0 fully saturated rings. The molecule has 260 valence electrons. The highest BCUT2D eigenvalue weighted by atomic mass is 15.2. The third kappa shape index (κ3) is 4.55. The molecule has 1 aliphatic heterocycles. The second kappa shape index (κ2) is 11.9. The summed E-state index contributed by atoms with van der Waals surface area (Å²) in [4.78, 5) is 2.59. The molecule has 0 bridgehead atoms. The molecule has 2 atom stereocenters. The highest BCUT2D eigenvalue weighted by molar-refractivity contribution is 6.14. The standard InChI is InChI=1S/C53H38N2/c1-3-14-34(15-4-1)35-17-11-20-40(31-35)55-48-29-28-37(42-23-13-27-49-52(42)44-22-9-10-26-47(44)54(49)39-18-5-2-6-19-39)32-46(48)53-45-25-12-24-43-41-21-8-7-16-36(41)30-38(51(43)45)33-50(53)55/h1-23,25-29,31,33,43,46H,24,30,32H2. The Bertz CT molecular complexity index is 2960. The van der Waals surface area contributed by atoms with Gasteiger partial charge in [0, 0.05) is 39.7 Å². The molecule has 0 saturated heterocycles. The van der Waals surface area contributed by atoms with Gasteiger partial charge in [-0.2, -0.15) is 0 Å². The molecule has 0 spiro atoms. The number of benzene rings is 7. The van der Waals surface area contributed by atoms with E-state index in [1.807, 2.05) is 0 Å². The molecule has 2 heterocycles. The first-order chi connectivity index (χ1) is 27.3. The zero-order chi connectivity index (χ0) is 36.0. The smallest absolute Gasteiger partial charge is 0.0547 e. The van der Waals surface area contributed by atoms with Gasteiger partial charge in [-0.15, -0.1) is 0 Å². The molecule has 7 aromatic carbocycles. The van der Waals surface area contributed by atoms with Crippen LogP contribution in [0, 0.1) is 0 Å². The highest BCUT2D eigenvalue weighted by Crippen LogP contribution is 2.58. The number of allylic oxidation sites excluding steroid dienone is 5. The fraction of sp³-hybridized carbons (Fsp3) is 0.0943. The monoisotopic (exact) mass is 702 g/mol. The maximum Gasteiger partial charge on any atom is 0.0547 e. The average Bonchev–Trinajstić information content (AvgIpc) is 3.77. The fourth-order valence-electron chi connectivity index (χ4n) is 10.4. The molecule has 55 heavy (non-hydrogen) atoms. The van der Waals surface area contributed by atoms with E-state index in [1.165, 1.54) is 94.6 Å². The number of nitrogens with zero attached hydrogens (tertiary/aromatic N) is 2. The molecule has 3 aliphatic carbocycles. The molecule has 2 heteroatoms. The largest absolute Gasteiger partial charge is 0.313 e. The lowest BCUT2D eigenvalue weighted by molar-refractivity contribution is 0.760. The maximum absolute atomic E-state index is 2.59. The third-order valence-electron chi connectivity index (χ3n) is 12.7. The van der Waals surface area contributed by atoms with Crippen molar-refractivity contribution in [1.29, 1.82) is 0 Å². The van der Waals surface area contributed by atoms with E-state index in [4.69, 9.17) is 0 Å².